The fourth-order valence-electron chi connectivity index (χ4n) is 4.56. The zero-order chi connectivity index (χ0) is 24.1. The fraction of sp³-hybridized carbons (Fsp3) is 0.423. The van der Waals surface area contributed by atoms with Crippen molar-refractivity contribution in [2.75, 3.05) is 45.9 Å². The minimum Gasteiger partial charge on any atom is -0.493 e. The van der Waals surface area contributed by atoms with Gasteiger partial charge in [-0.15, -0.1) is 0 Å². The molecule has 2 aromatic carbocycles. The van der Waals surface area contributed by atoms with E-state index in [9.17, 15) is 9.50 Å². The Bertz CT molecular complexity index is 1120. The predicted molar refractivity (Wildman–Crippen MR) is 130 cm³/mol. The SMILES string of the molecule is COc1cc(CNCc2cc3ccc(F)cc3nc2N2CCC[C@H](CO)C2)cc(OC)c1OC. The Hall–Kier alpha value is -3.10. The van der Waals surface area contributed by atoms with Gasteiger partial charge in [-0.2, -0.15) is 0 Å². The average Bonchev–Trinajstić information content (AvgIpc) is 2.87. The predicted octanol–water partition coefficient (Wildman–Crippen LogP) is 3.90. The summed E-state index contributed by atoms with van der Waals surface area (Å²) < 4.78 is 30.2. The quantitative estimate of drug-likeness (QED) is 0.492. The van der Waals surface area contributed by atoms with Gasteiger partial charge in [0, 0.05) is 49.8 Å². The summed E-state index contributed by atoms with van der Waals surface area (Å²) >= 11 is 0. The van der Waals surface area contributed by atoms with Gasteiger partial charge in [-0.1, -0.05) is 0 Å². The molecule has 4 rings (SSSR count). The van der Waals surface area contributed by atoms with Crippen LogP contribution in [0.3, 0.4) is 0 Å². The normalized spacial score (nSPS) is 16.0. The Kier molecular flexibility index (Phi) is 7.70. The number of methoxy groups -OCH3 is 3. The molecule has 0 amide bonds. The maximum Gasteiger partial charge on any atom is 0.203 e. The summed E-state index contributed by atoms with van der Waals surface area (Å²) in [4.78, 5) is 7.05. The lowest BCUT2D eigenvalue weighted by Crippen LogP contribution is -2.38. The van der Waals surface area contributed by atoms with Crippen molar-refractivity contribution in [2.24, 2.45) is 5.92 Å². The molecule has 0 spiro atoms. The molecule has 1 aromatic heterocycles. The molecule has 0 unspecified atom stereocenters. The monoisotopic (exact) mass is 469 g/mol. The van der Waals surface area contributed by atoms with Gasteiger partial charge < -0.3 is 29.5 Å². The Balaban J connectivity index is 1.59. The van der Waals surface area contributed by atoms with Crippen molar-refractivity contribution >= 4 is 16.7 Å². The molecule has 1 aliphatic heterocycles. The topological polar surface area (TPSA) is 76.1 Å². The van der Waals surface area contributed by atoms with Crippen LogP contribution in [-0.4, -0.2) is 51.1 Å². The number of halogens is 1. The highest BCUT2D eigenvalue weighted by Gasteiger charge is 2.23. The van der Waals surface area contributed by atoms with Crippen LogP contribution in [0.2, 0.25) is 0 Å². The first kappa shape index (κ1) is 24.0. The van der Waals surface area contributed by atoms with Gasteiger partial charge in [0.25, 0.3) is 0 Å². The molecule has 1 fully saturated rings. The number of hydrogen-bond donors (Lipinski definition) is 2. The Labute approximate surface area is 199 Å². The standard InChI is InChI=1S/C26H32FN3O4/c1-32-23-9-18(10-24(33-2)25(23)34-3)13-28-14-20-11-19-6-7-21(27)12-22(19)29-26(20)30-8-4-5-17(15-30)16-31/h6-7,9-12,17,28,31H,4-5,8,13-16H2,1-3H3/t17-/m0/s1. The second-order valence-electron chi connectivity index (χ2n) is 8.58. The summed E-state index contributed by atoms with van der Waals surface area (Å²) in [5, 5.41) is 14.1. The van der Waals surface area contributed by atoms with Gasteiger partial charge in [-0.25, -0.2) is 9.37 Å². The lowest BCUT2D eigenvalue weighted by Gasteiger charge is -2.34. The van der Waals surface area contributed by atoms with Crippen LogP contribution in [0.4, 0.5) is 10.2 Å². The molecule has 2 heterocycles. The third kappa shape index (κ3) is 5.18. The number of aliphatic hydroxyl groups is 1. The van der Waals surface area contributed by atoms with Crippen LogP contribution < -0.4 is 24.4 Å². The van der Waals surface area contributed by atoms with E-state index in [4.69, 9.17) is 19.2 Å². The van der Waals surface area contributed by atoms with E-state index in [1.165, 1.54) is 12.1 Å². The second-order valence-corrected chi connectivity index (χ2v) is 8.58. The molecule has 1 aliphatic rings. The molecule has 1 saturated heterocycles. The van der Waals surface area contributed by atoms with Crippen molar-refractivity contribution in [3.63, 3.8) is 0 Å². The molecular weight excluding hydrogens is 437 g/mol. The maximum atomic E-state index is 13.9. The summed E-state index contributed by atoms with van der Waals surface area (Å²) in [5.74, 6) is 2.54. The van der Waals surface area contributed by atoms with Crippen LogP contribution in [-0.2, 0) is 13.1 Å². The largest absolute Gasteiger partial charge is 0.493 e. The van der Waals surface area contributed by atoms with Crippen molar-refractivity contribution in [3.05, 3.63) is 53.3 Å². The number of hydrogen-bond acceptors (Lipinski definition) is 7. The lowest BCUT2D eigenvalue weighted by molar-refractivity contribution is 0.208. The van der Waals surface area contributed by atoms with E-state index in [0.717, 1.165) is 48.3 Å². The first-order valence-corrected chi connectivity index (χ1v) is 11.5. The van der Waals surface area contributed by atoms with Gasteiger partial charge in [-0.3, -0.25) is 0 Å². The highest BCUT2D eigenvalue weighted by molar-refractivity contribution is 5.82. The van der Waals surface area contributed by atoms with E-state index in [-0.39, 0.29) is 18.3 Å². The first-order valence-electron chi connectivity index (χ1n) is 11.5. The van der Waals surface area contributed by atoms with E-state index in [1.54, 1.807) is 27.4 Å². The zero-order valence-electron chi connectivity index (χ0n) is 19.9. The van der Waals surface area contributed by atoms with Gasteiger partial charge in [-0.05, 0) is 54.7 Å². The number of nitrogens with one attached hydrogen (secondary N) is 1. The molecule has 0 bridgehead atoms. The molecule has 182 valence electrons. The Morgan fingerprint density at radius 1 is 1.06 bits per heavy atom. The van der Waals surface area contributed by atoms with Crippen LogP contribution in [0.15, 0.2) is 36.4 Å². The third-order valence-corrected chi connectivity index (χ3v) is 6.28. The van der Waals surface area contributed by atoms with Crippen molar-refractivity contribution in [3.8, 4) is 17.2 Å². The zero-order valence-corrected chi connectivity index (χ0v) is 19.9. The number of piperidine rings is 1. The number of aromatic nitrogens is 1. The number of ether oxygens (including phenoxy) is 3. The second kappa shape index (κ2) is 10.9. The molecule has 2 N–H and O–H groups in total. The van der Waals surface area contributed by atoms with Gasteiger partial charge in [0.2, 0.25) is 5.75 Å². The van der Waals surface area contributed by atoms with Crippen LogP contribution in [0, 0.1) is 11.7 Å². The average molecular weight is 470 g/mol. The van der Waals surface area contributed by atoms with Gasteiger partial charge in [0.15, 0.2) is 11.5 Å². The van der Waals surface area contributed by atoms with Crippen LogP contribution in [0.1, 0.15) is 24.0 Å². The Morgan fingerprint density at radius 3 is 2.50 bits per heavy atom. The van der Waals surface area contributed by atoms with Crippen molar-refractivity contribution in [1.82, 2.24) is 10.3 Å². The maximum absolute atomic E-state index is 13.9. The van der Waals surface area contributed by atoms with Gasteiger partial charge in [0.1, 0.15) is 11.6 Å². The Morgan fingerprint density at radius 2 is 1.82 bits per heavy atom. The molecule has 0 radical (unpaired) electrons. The molecule has 3 aromatic rings. The van der Waals surface area contributed by atoms with Gasteiger partial charge >= 0.3 is 0 Å². The summed E-state index contributed by atoms with van der Waals surface area (Å²) in [6.07, 6.45) is 2.00. The fourth-order valence-corrected chi connectivity index (χ4v) is 4.56. The molecule has 7 nitrogen and oxygen atoms in total. The molecule has 1 atom stereocenters. The van der Waals surface area contributed by atoms with Crippen LogP contribution in [0.5, 0.6) is 17.2 Å². The number of nitrogens with zero attached hydrogens (tertiary/aromatic N) is 2. The summed E-state index contributed by atoms with van der Waals surface area (Å²) in [7, 11) is 4.78. The minimum absolute atomic E-state index is 0.160. The van der Waals surface area contributed by atoms with E-state index in [0.29, 0.717) is 35.9 Å². The molecular formula is C26H32FN3O4. The van der Waals surface area contributed by atoms with Crippen LogP contribution in [0.25, 0.3) is 10.9 Å². The smallest absolute Gasteiger partial charge is 0.203 e. The third-order valence-electron chi connectivity index (χ3n) is 6.28. The summed E-state index contributed by atoms with van der Waals surface area (Å²) in [6.45, 7) is 2.92. The van der Waals surface area contributed by atoms with Gasteiger partial charge in [0.05, 0.1) is 26.8 Å². The lowest BCUT2D eigenvalue weighted by atomic mass is 9.98. The van der Waals surface area contributed by atoms with E-state index in [1.807, 2.05) is 12.1 Å². The minimum atomic E-state index is -0.300. The van der Waals surface area contributed by atoms with E-state index >= 15 is 0 Å². The van der Waals surface area contributed by atoms with Crippen molar-refractivity contribution in [2.45, 2.75) is 25.9 Å². The number of benzene rings is 2. The van der Waals surface area contributed by atoms with E-state index in [2.05, 4.69) is 16.3 Å². The number of fused-ring (bicyclic) bond motifs is 1. The first-order chi connectivity index (χ1) is 16.6. The van der Waals surface area contributed by atoms with Crippen LogP contribution >= 0.6 is 0 Å². The highest BCUT2D eigenvalue weighted by atomic mass is 19.1. The van der Waals surface area contributed by atoms with E-state index < -0.39 is 0 Å². The molecule has 34 heavy (non-hydrogen) atoms. The van der Waals surface area contributed by atoms with Crippen molar-refractivity contribution in [1.29, 1.82) is 0 Å². The number of pyridine rings is 1. The number of anilines is 1. The van der Waals surface area contributed by atoms with Crippen molar-refractivity contribution < 1.29 is 23.7 Å². The summed E-state index contributed by atoms with van der Waals surface area (Å²) in [6, 6.07) is 10.6. The summed E-state index contributed by atoms with van der Waals surface area (Å²) in [5.41, 5.74) is 2.66. The number of aliphatic hydroxyl groups excluding tert-OH is 1. The molecule has 0 aliphatic carbocycles. The molecule has 0 saturated carbocycles. The number of rotatable bonds is 9. The highest BCUT2D eigenvalue weighted by Crippen LogP contribution is 2.38. The molecule has 8 heteroatoms.